The van der Waals surface area contributed by atoms with E-state index in [1.54, 1.807) is 56.3 Å². The van der Waals surface area contributed by atoms with Crippen molar-refractivity contribution < 1.29 is 0 Å². The van der Waals surface area contributed by atoms with E-state index in [0.717, 1.165) is 17.7 Å². The number of hydrogen-bond donors (Lipinski definition) is 1. The molecule has 0 saturated carbocycles. The van der Waals surface area contributed by atoms with Gasteiger partial charge < -0.3 is 5.43 Å². The van der Waals surface area contributed by atoms with Crippen LogP contribution >= 0.6 is 0 Å². The third-order valence-corrected chi connectivity index (χ3v) is 5.21. The van der Waals surface area contributed by atoms with Crippen LogP contribution in [0.4, 0.5) is 0 Å². The van der Waals surface area contributed by atoms with Gasteiger partial charge in [0, 0.05) is 79.4 Å². The molecular formula is C22H41N11O4. The molecule has 4 rings (SSSR count). The summed E-state index contributed by atoms with van der Waals surface area (Å²) in [7, 11) is 11.9. The van der Waals surface area contributed by atoms with Crippen LogP contribution in [0.2, 0.25) is 0 Å². The van der Waals surface area contributed by atoms with Crippen molar-refractivity contribution >= 4 is 0 Å². The van der Waals surface area contributed by atoms with Crippen LogP contribution < -0.4 is 27.9 Å². The number of rotatable bonds is 2. The second-order valence-corrected chi connectivity index (χ2v) is 7.89. The van der Waals surface area contributed by atoms with Gasteiger partial charge in [0.1, 0.15) is 12.7 Å². The van der Waals surface area contributed by atoms with Crippen molar-refractivity contribution in [3.63, 3.8) is 0 Å². The lowest BCUT2D eigenvalue weighted by molar-refractivity contribution is 0.522. The number of nitrogens with one attached hydrogen (secondary N) is 1. The van der Waals surface area contributed by atoms with Gasteiger partial charge in [-0.25, -0.2) is 19.0 Å². The fourth-order valence-corrected chi connectivity index (χ4v) is 2.88. The summed E-state index contributed by atoms with van der Waals surface area (Å²) in [5.41, 5.74) is 4.16. The smallest absolute Gasteiger partial charge is 0.324 e. The molecule has 0 radical (unpaired) electrons. The van der Waals surface area contributed by atoms with Gasteiger partial charge in [-0.2, -0.15) is 14.9 Å². The maximum atomic E-state index is 11.1. The highest BCUT2D eigenvalue weighted by atomic mass is 16.2. The Morgan fingerprint density at radius 1 is 0.757 bits per heavy atom. The van der Waals surface area contributed by atoms with Crippen LogP contribution in [0, 0.1) is 13.8 Å². The Balaban J connectivity index is 0.000000464. The molecule has 37 heavy (non-hydrogen) atoms. The molecule has 1 N–H and O–H groups in total. The molecule has 0 fully saturated rings. The van der Waals surface area contributed by atoms with Gasteiger partial charge in [-0.1, -0.05) is 7.43 Å². The molecule has 0 saturated heterocycles. The molecule has 0 aliphatic heterocycles. The van der Waals surface area contributed by atoms with E-state index >= 15 is 0 Å². The summed E-state index contributed by atoms with van der Waals surface area (Å²) in [5, 5.41) is 7.37. The van der Waals surface area contributed by atoms with Crippen molar-refractivity contribution in [3.05, 3.63) is 77.9 Å². The molecule has 0 amide bonds. The maximum absolute atomic E-state index is 11.1. The second kappa shape index (κ2) is 14.3. The maximum Gasteiger partial charge on any atom is 0.364 e. The Morgan fingerprint density at radius 3 is 1.41 bits per heavy atom. The molecular weight excluding hydrogens is 482 g/mol. The summed E-state index contributed by atoms with van der Waals surface area (Å²) in [6.07, 6.45) is 6.56. The molecule has 4 aromatic heterocycles. The van der Waals surface area contributed by atoms with Crippen LogP contribution in [0.5, 0.6) is 0 Å². The molecule has 0 atom stereocenters. The molecule has 0 bridgehead atoms. The van der Waals surface area contributed by atoms with E-state index in [9.17, 15) is 19.2 Å². The van der Waals surface area contributed by atoms with Crippen molar-refractivity contribution in [1.29, 1.82) is 0 Å². The Morgan fingerprint density at radius 2 is 1.24 bits per heavy atom. The lowest BCUT2D eigenvalue weighted by Gasteiger charge is -2.00. The minimum atomic E-state index is -0.169. The van der Waals surface area contributed by atoms with Gasteiger partial charge in [0.2, 0.25) is 0 Å². The van der Waals surface area contributed by atoms with E-state index in [-0.39, 0.29) is 29.9 Å². The van der Waals surface area contributed by atoms with Gasteiger partial charge >= 0.3 is 11.4 Å². The Hall–Kier alpha value is -4.30. The summed E-state index contributed by atoms with van der Waals surface area (Å²) in [6.45, 7) is 6.50. The summed E-state index contributed by atoms with van der Waals surface area (Å²) in [5.74, 6) is 0. The highest BCUT2D eigenvalue weighted by molar-refractivity contribution is 5.02. The van der Waals surface area contributed by atoms with Gasteiger partial charge in [0.25, 0.3) is 11.1 Å². The zero-order chi connectivity index (χ0) is 27.7. The first-order chi connectivity index (χ1) is 16.8. The Bertz CT molecular complexity index is 1460. The zero-order valence-corrected chi connectivity index (χ0v) is 22.6. The summed E-state index contributed by atoms with van der Waals surface area (Å²) in [4.78, 5) is 43.5. The Labute approximate surface area is 215 Å². The molecule has 4 heterocycles. The second-order valence-electron chi connectivity index (χ2n) is 7.89. The molecule has 0 aliphatic carbocycles. The van der Waals surface area contributed by atoms with E-state index < -0.39 is 0 Å². The van der Waals surface area contributed by atoms with Gasteiger partial charge in [-0.3, -0.25) is 32.9 Å². The van der Waals surface area contributed by atoms with E-state index in [1.165, 1.54) is 31.3 Å². The average molecular weight is 524 g/mol. The van der Waals surface area contributed by atoms with Crippen molar-refractivity contribution in [2.45, 2.75) is 34.7 Å². The molecule has 0 spiro atoms. The molecule has 0 aromatic carbocycles. The highest BCUT2D eigenvalue weighted by Gasteiger charge is 2.00. The minimum absolute atomic E-state index is 0. The highest BCUT2D eigenvalue weighted by Crippen LogP contribution is 1.89. The van der Waals surface area contributed by atoms with Crippen molar-refractivity contribution in [2.75, 3.05) is 12.5 Å². The van der Waals surface area contributed by atoms with Gasteiger partial charge in [0.15, 0.2) is 0 Å². The van der Waals surface area contributed by atoms with Crippen LogP contribution in [0.25, 0.3) is 0 Å². The van der Waals surface area contributed by atoms with E-state index in [0.29, 0.717) is 0 Å². The summed E-state index contributed by atoms with van der Waals surface area (Å²) >= 11 is 0. The summed E-state index contributed by atoms with van der Waals surface area (Å²) < 4.78 is 12.1. The average Bonchev–Trinajstić information content (AvgIpc) is 3.50. The molecule has 4 aromatic rings. The fourth-order valence-electron chi connectivity index (χ4n) is 2.88. The molecule has 15 nitrogen and oxygen atoms in total. The van der Waals surface area contributed by atoms with Crippen LogP contribution in [0.3, 0.4) is 0 Å². The van der Waals surface area contributed by atoms with E-state index in [1.807, 2.05) is 44.9 Å². The van der Waals surface area contributed by atoms with E-state index in [4.69, 9.17) is 0 Å². The standard InChI is InChI=1S/C7H12N2O.C6H10N2O.C4H8N4O.C4H7N3O.CH4/c1-4-9-5-6(2)7(10)8(9)3;1-5-4-7(2)8(3)6(5)9;1-5-8-3-6-7(2)4(8)9;1-6-3-5-7(2)4(6)8;/h5H,4H2,1-3H3;4H,1-3H3;3,5H,1-2H3;3H,1-2H3;1H4. The fraction of sp³-hybridized carbons (Fsp3) is 0.545. The third kappa shape index (κ3) is 8.40. The predicted molar refractivity (Wildman–Crippen MR) is 143 cm³/mol. The van der Waals surface area contributed by atoms with Gasteiger partial charge in [-0.15, -0.1) is 0 Å². The molecule has 0 aliphatic rings. The van der Waals surface area contributed by atoms with Crippen molar-refractivity contribution in [3.8, 4) is 0 Å². The first-order valence-electron chi connectivity index (χ1n) is 11.0. The number of nitrogens with zero attached hydrogens (tertiary/aromatic N) is 10. The van der Waals surface area contributed by atoms with Crippen LogP contribution in [0.1, 0.15) is 25.5 Å². The monoisotopic (exact) mass is 523 g/mol. The minimum Gasteiger partial charge on any atom is -0.324 e. The van der Waals surface area contributed by atoms with Crippen molar-refractivity contribution in [1.82, 2.24) is 47.5 Å². The predicted octanol–water partition coefficient (Wildman–Crippen LogP) is -0.943. The zero-order valence-electron chi connectivity index (χ0n) is 22.6. The largest absolute Gasteiger partial charge is 0.364 e. The van der Waals surface area contributed by atoms with Gasteiger partial charge in [-0.05, 0) is 20.8 Å². The number of hydrogen-bond acceptors (Lipinski definition) is 7. The lowest BCUT2D eigenvalue weighted by atomic mass is 10.4. The quantitative estimate of drug-likeness (QED) is 0.357. The summed E-state index contributed by atoms with van der Waals surface area (Å²) in [6, 6.07) is 0. The molecule has 208 valence electrons. The number of aryl methyl sites for hydroxylation is 7. The normalized spacial score (nSPS) is 9.68. The first kappa shape index (κ1) is 32.7. The number of aromatic nitrogens is 10. The first-order valence-corrected chi connectivity index (χ1v) is 11.0. The van der Waals surface area contributed by atoms with Gasteiger partial charge in [0.05, 0.1) is 0 Å². The van der Waals surface area contributed by atoms with Crippen LogP contribution in [-0.4, -0.2) is 54.6 Å². The molecule has 15 heteroatoms. The van der Waals surface area contributed by atoms with E-state index in [2.05, 4.69) is 15.6 Å². The van der Waals surface area contributed by atoms with Crippen LogP contribution in [-0.2, 0) is 48.8 Å². The lowest BCUT2D eigenvalue weighted by Crippen LogP contribution is -2.27. The third-order valence-electron chi connectivity index (χ3n) is 5.21. The Kier molecular flexibility index (Phi) is 12.6. The SMILES string of the molecule is C.CCn1cc(C)c(=O)n1C.CNn1cnn(C)c1=O.Cc1cn(C)n(C)c1=O.Cn1cnn(C)c1=O. The molecule has 0 unspecified atom stereocenters. The van der Waals surface area contributed by atoms with Crippen molar-refractivity contribution in [2.24, 2.45) is 42.3 Å². The topological polar surface area (TPSA) is 146 Å². The van der Waals surface area contributed by atoms with Crippen LogP contribution in [0.15, 0.2) is 44.2 Å².